The molecule has 32 heavy (non-hydrogen) atoms. The topological polar surface area (TPSA) is 101 Å². The number of para-hydroxylation sites is 1. The van der Waals surface area contributed by atoms with Crippen LogP contribution in [-0.2, 0) is 11.3 Å². The highest BCUT2D eigenvalue weighted by Crippen LogP contribution is 2.24. The highest BCUT2D eigenvalue weighted by Gasteiger charge is 2.23. The number of nitrogens with one attached hydrogen (secondary N) is 2. The Hall–Kier alpha value is -3.46. The molecule has 0 unspecified atom stereocenters. The van der Waals surface area contributed by atoms with E-state index in [1.54, 1.807) is 10.6 Å². The van der Waals surface area contributed by atoms with E-state index in [0.29, 0.717) is 29.1 Å². The summed E-state index contributed by atoms with van der Waals surface area (Å²) in [5, 5.41) is 11.9. The molecule has 1 aliphatic carbocycles. The summed E-state index contributed by atoms with van der Waals surface area (Å²) in [4.78, 5) is 33.9. The molecular formula is C23H22N6O2S. The summed E-state index contributed by atoms with van der Waals surface area (Å²) >= 11 is 1.32. The molecular weight excluding hydrogens is 424 g/mol. The van der Waals surface area contributed by atoms with Gasteiger partial charge in [0.25, 0.3) is 5.91 Å². The van der Waals surface area contributed by atoms with Crippen LogP contribution in [-0.4, -0.2) is 43.2 Å². The molecule has 0 aliphatic heterocycles. The summed E-state index contributed by atoms with van der Waals surface area (Å²) in [7, 11) is 0. The summed E-state index contributed by atoms with van der Waals surface area (Å²) < 4.78 is 1.69. The number of thioether (sulfide) groups is 1. The van der Waals surface area contributed by atoms with Crippen LogP contribution in [0.15, 0.2) is 53.7 Å². The third-order valence-corrected chi connectivity index (χ3v) is 6.11. The van der Waals surface area contributed by atoms with E-state index in [4.69, 9.17) is 0 Å². The van der Waals surface area contributed by atoms with Crippen molar-refractivity contribution in [2.24, 2.45) is 0 Å². The lowest BCUT2D eigenvalue weighted by Gasteiger charge is -2.09. The van der Waals surface area contributed by atoms with Crippen LogP contribution in [0.3, 0.4) is 0 Å². The molecule has 1 fully saturated rings. The maximum absolute atomic E-state index is 12.5. The molecule has 0 bridgehead atoms. The lowest BCUT2D eigenvalue weighted by atomic mass is 10.1. The maximum Gasteiger partial charge on any atom is 0.251 e. The minimum absolute atomic E-state index is 0.0641. The SMILES string of the molecule is Cc1nc2c3ccccc3nc(SCC(=O)NCc3cccc(C(=O)NC4CC4)c3)n2n1. The number of nitrogens with zero attached hydrogens (tertiary/aromatic N) is 4. The average Bonchev–Trinajstić information content (AvgIpc) is 3.53. The van der Waals surface area contributed by atoms with Crippen molar-refractivity contribution in [3.63, 3.8) is 0 Å². The Balaban J connectivity index is 1.23. The first-order chi connectivity index (χ1) is 15.6. The van der Waals surface area contributed by atoms with Gasteiger partial charge in [0.2, 0.25) is 5.91 Å². The minimum Gasteiger partial charge on any atom is -0.351 e. The summed E-state index contributed by atoms with van der Waals surface area (Å²) in [6.07, 6.45) is 2.09. The van der Waals surface area contributed by atoms with Crippen LogP contribution in [0.4, 0.5) is 0 Å². The molecule has 9 heteroatoms. The monoisotopic (exact) mass is 446 g/mol. The molecule has 2 amide bonds. The van der Waals surface area contributed by atoms with Crippen molar-refractivity contribution >= 4 is 40.1 Å². The second-order valence-electron chi connectivity index (χ2n) is 7.82. The van der Waals surface area contributed by atoms with Crippen LogP contribution in [0.25, 0.3) is 16.6 Å². The third-order valence-electron chi connectivity index (χ3n) is 5.18. The lowest BCUT2D eigenvalue weighted by Crippen LogP contribution is -2.26. The van der Waals surface area contributed by atoms with E-state index in [1.165, 1.54) is 11.8 Å². The van der Waals surface area contributed by atoms with Gasteiger partial charge in [-0.3, -0.25) is 9.59 Å². The van der Waals surface area contributed by atoms with Crippen LogP contribution in [0.1, 0.15) is 34.6 Å². The number of amides is 2. The van der Waals surface area contributed by atoms with E-state index < -0.39 is 0 Å². The number of carbonyl (C=O) groups is 2. The quantitative estimate of drug-likeness (QED) is 0.334. The molecule has 0 spiro atoms. The van der Waals surface area contributed by atoms with Crippen LogP contribution < -0.4 is 10.6 Å². The van der Waals surface area contributed by atoms with Crippen molar-refractivity contribution < 1.29 is 9.59 Å². The fourth-order valence-electron chi connectivity index (χ4n) is 3.43. The molecule has 0 saturated heterocycles. The van der Waals surface area contributed by atoms with Gasteiger partial charge in [-0.2, -0.15) is 4.52 Å². The van der Waals surface area contributed by atoms with Crippen molar-refractivity contribution in [2.75, 3.05) is 5.75 Å². The summed E-state index contributed by atoms with van der Waals surface area (Å²) in [5.74, 6) is 0.662. The molecule has 0 atom stereocenters. The number of hydrogen-bond donors (Lipinski definition) is 2. The van der Waals surface area contributed by atoms with Gasteiger partial charge in [0.15, 0.2) is 10.8 Å². The van der Waals surface area contributed by atoms with E-state index in [1.807, 2.05) is 49.4 Å². The molecule has 0 radical (unpaired) electrons. The van der Waals surface area contributed by atoms with Crippen molar-refractivity contribution in [3.8, 4) is 0 Å². The number of fused-ring (bicyclic) bond motifs is 3. The van der Waals surface area contributed by atoms with Crippen LogP contribution >= 0.6 is 11.8 Å². The standard InChI is InChI=1S/C23H22N6O2S/c1-14-25-21-18-7-2-3-8-19(18)27-23(29(21)28-14)32-13-20(30)24-12-15-5-4-6-16(11-15)22(31)26-17-9-10-17/h2-8,11,17H,9-10,12-13H2,1H3,(H,24,30)(H,26,31). The van der Waals surface area contributed by atoms with E-state index in [-0.39, 0.29) is 17.6 Å². The van der Waals surface area contributed by atoms with Gasteiger partial charge >= 0.3 is 0 Å². The van der Waals surface area contributed by atoms with E-state index >= 15 is 0 Å². The summed E-state index contributed by atoms with van der Waals surface area (Å²) in [6.45, 7) is 2.19. The molecule has 2 aromatic carbocycles. The number of rotatable bonds is 7. The van der Waals surface area contributed by atoms with E-state index in [0.717, 1.165) is 35.0 Å². The first kappa shape index (κ1) is 20.4. The molecule has 1 aliphatic rings. The Morgan fingerprint density at radius 3 is 2.81 bits per heavy atom. The fourth-order valence-corrected chi connectivity index (χ4v) is 4.20. The smallest absolute Gasteiger partial charge is 0.251 e. The van der Waals surface area contributed by atoms with Gasteiger partial charge in [-0.15, -0.1) is 5.10 Å². The van der Waals surface area contributed by atoms with Crippen molar-refractivity contribution in [1.82, 2.24) is 30.2 Å². The van der Waals surface area contributed by atoms with Gasteiger partial charge in [-0.05, 0) is 49.6 Å². The van der Waals surface area contributed by atoms with Gasteiger partial charge < -0.3 is 10.6 Å². The second kappa shape index (κ2) is 8.58. The number of aromatic nitrogens is 4. The maximum atomic E-state index is 12.5. The van der Waals surface area contributed by atoms with Gasteiger partial charge in [-0.1, -0.05) is 36.0 Å². The van der Waals surface area contributed by atoms with Gasteiger partial charge in [0, 0.05) is 23.5 Å². The number of hydrogen-bond acceptors (Lipinski definition) is 6. The van der Waals surface area contributed by atoms with E-state index in [9.17, 15) is 9.59 Å². The molecule has 1 saturated carbocycles. The Labute approximate surface area is 188 Å². The highest BCUT2D eigenvalue weighted by molar-refractivity contribution is 7.99. The van der Waals surface area contributed by atoms with Crippen molar-refractivity contribution in [2.45, 2.75) is 37.5 Å². The molecule has 2 N–H and O–H groups in total. The second-order valence-corrected chi connectivity index (χ2v) is 8.76. The highest BCUT2D eigenvalue weighted by atomic mass is 32.2. The molecule has 2 heterocycles. The van der Waals surface area contributed by atoms with Gasteiger partial charge in [0.05, 0.1) is 11.3 Å². The van der Waals surface area contributed by atoms with Gasteiger partial charge in [-0.25, -0.2) is 9.97 Å². The largest absolute Gasteiger partial charge is 0.351 e. The van der Waals surface area contributed by atoms with Crippen LogP contribution in [0.2, 0.25) is 0 Å². The van der Waals surface area contributed by atoms with Crippen molar-refractivity contribution in [1.29, 1.82) is 0 Å². The first-order valence-corrected chi connectivity index (χ1v) is 11.5. The summed E-state index contributed by atoms with van der Waals surface area (Å²) in [5.41, 5.74) is 3.04. The molecule has 4 aromatic rings. The van der Waals surface area contributed by atoms with Gasteiger partial charge in [0.1, 0.15) is 5.82 Å². The fraction of sp³-hybridized carbons (Fsp3) is 0.261. The zero-order chi connectivity index (χ0) is 22.1. The minimum atomic E-state index is -0.122. The number of benzene rings is 2. The molecule has 5 rings (SSSR count). The zero-order valence-electron chi connectivity index (χ0n) is 17.5. The average molecular weight is 447 g/mol. The summed E-state index contributed by atoms with van der Waals surface area (Å²) in [6, 6.07) is 15.4. The van der Waals surface area contributed by atoms with E-state index in [2.05, 4.69) is 25.7 Å². The Bertz CT molecular complexity index is 1330. The van der Waals surface area contributed by atoms with Crippen LogP contribution in [0, 0.1) is 6.92 Å². The molecule has 162 valence electrons. The predicted octanol–water partition coefficient (Wildman–Crippen LogP) is 2.89. The third kappa shape index (κ3) is 4.43. The predicted molar refractivity (Wildman–Crippen MR) is 123 cm³/mol. The Morgan fingerprint density at radius 2 is 1.97 bits per heavy atom. The zero-order valence-corrected chi connectivity index (χ0v) is 18.4. The Morgan fingerprint density at radius 1 is 1.12 bits per heavy atom. The molecule has 2 aromatic heterocycles. The normalized spacial score (nSPS) is 13.4. The number of carbonyl (C=O) groups excluding carboxylic acids is 2. The lowest BCUT2D eigenvalue weighted by molar-refractivity contribution is -0.118. The Kier molecular flexibility index (Phi) is 5.48. The molecule has 8 nitrogen and oxygen atoms in total. The van der Waals surface area contributed by atoms with Crippen molar-refractivity contribution in [3.05, 3.63) is 65.5 Å². The first-order valence-electron chi connectivity index (χ1n) is 10.5. The van der Waals surface area contributed by atoms with Crippen LogP contribution in [0.5, 0.6) is 0 Å². The number of aryl methyl sites for hydroxylation is 1.